The number of aliphatic hydroxyl groups is 2. The number of hydrogen-bond acceptors (Lipinski definition) is 5. The van der Waals surface area contributed by atoms with E-state index in [2.05, 4.69) is 5.32 Å². The average molecular weight is 147 g/mol. The molecular formula is C5H9NO4. The molecule has 0 saturated carbocycles. The van der Waals surface area contributed by atoms with E-state index >= 15 is 0 Å². The molecule has 2 unspecified atom stereocenters. The van der Waals surface area contributed by atoms with Gasteiger partial charge < -0.3 is 19.7 Å². The molecule has 3 saturated heterocycles. The van der Waals surface area contributed by atoms with E-state index in [1.54, 1.807) is 0 Å². The number of ether oxygens (including phenoxy) is 2. The van der Waals surface area contributed by atoms with Crippen molar-refractivity contribution >= 4 is 0 Å². The first-order valence-electron chi connectivity index (χ1n) is 3.18. The molecule has 2 atom stereocenters. The standard InChI is InChI=1S/C5H9NO4/c7-3-2-1-6-5(9-3)10-4(2)8/h2-8H,1H2. The molecular weight excluding hydrogens is 138 g/mol. The van der Waals surface area contributed by atoms with Gasteiger partial charge in [-0.05, 0) is 0 Å². The Hall–Kier alpha value is -0.200. The highest BCUT2D eigenvalue weighted by atomic mass is 16.8. The number of nitrogens with one attached hydrogen (secondary N) is 1. The van der Waals surface area contributed by atoms with Crippen molar-refractivity contribution in [2.24, 2.45) is 5.92 Å². The van der Waals surface area contributed by atoms with E-state index in [1.807, 2.05) is 0 Å². The Morgan fingerprint density at radius 2 is 1.80 bits per heavy atom. The molecule has 2 bridgehead atoms. The van der Waals surface area contributed by atoms with Crippen molar-refractivity contribution in [1.29, 1.82) is 0 Å². The third kappa shape index (κ3) is 0.834. The van der Waals surface area contributed by atoms with Gasteiger partial charge in [0.05, 0.1) is 5.92 Å². The lowest BCUT2D eigenvalue weighted by atomic mass is 10.1. The SMILES string of the molecule is OC1OC2NCC1C(O)O2. The van der Waals surface area contributed by atoms with Gasteiger partial charge in [0.25, 0.3) is 0 Å². The van der Waals surface area contributed by atoms with Crippen LogP contribution in [0.4, 0.5) is 0 Å². The van der Waals surface area contributed by atoms with E-state index in [4.69, 9.17) is 19.7 Å². The Morgan fingerprint density at radius 3 is 2.10 bits per heavy atom. The number of aliphatic hydroxyl groups excluding tert-OH is 2. The summed E-state index contributed by atoms with van der Waals surface area (Å²) in [4.78, 5) is 0. The largest absolute Gasteiger partial charge is 0.367 e. The fourth-order valence-corrected chi connectivity index (χ4v) is 1.16. The maximum atomic E-state index is 9.07. The number of fused-ring (bicyclic) bond motifs is 3. The van der Waals surface area contributed by atoms with E-state index in [-0.39, 0.29) is 5.92 Å². The highest BCUT2D eigenvalue weighted by Gasteiger charge is 2.42. The topological polar surface area (TPSA) is 71.0 Å². The molecule has 5 heteroatoms. The Balaban J connectivity index is 2.11. The minimum absolute atomic E-state index is 0.356. The smallest absolute Gasteiger partial charge is 0.220 e. The number of hydrogen-bond donors (Lipinski definition) is 3. The monoisotopic (exact) mass is 147 g/mol. The van der Waals surface area contributed by atoms with Crippen molar-refractivity contribution in [3.05, 3.63) is 0 Å². The van der Waals surface area contributed by atoms with E-state index < -0.39 is 19.0 Å². The second-order valence-electron chi connectivity index (χ2n) is 2.46. The minimum Gasteiger partial charge on any atom is -0.367 e. The zero-order valence-electron chi connectivity index (χ0n) is 5.23. The van der Waals surface area contributed by atoms with Gasteiger partial charge in [0.1, 0.15) is 0 Å². The van der Waals surface area contributed by atoms with Crippen LogP contribution in [-0.2, 0) is 9.47 Å². The predicted octanol–water partition coefficient (Wildman–Crippen LogP) is -1.83. The number of rotatable bonds is 0. The van der Waals surface area contributed by atoms with Gasteiger partial charge in [-0.3, -0.25) is 5.32 Å². The summed E-state index contributed by atoms with van der Waals surface area (Å²) in [5.74, 6) is -0.356. The molecule has 3 rings (SSSR count). The van der Waals surface area contributed by atoms with Crippen molar-refractivity contribution in [3.63, 3.8) is 0 Å². The second-order valence-corrected chi connectivity index (χ2v) is 2.46. The zero-order chi connectivity index (χ0) is 7.14. The first-order valence-corrected chi connectivity index (χ1v) is 3.18. The quantitative estimate of drug-likeness (QED) is 0.376. The van der Waals surface area contributed by atoms with Crippen LogP contribution in [0, 0.1) is 5.92 Å². The van der Waals surface area contributed by atoms with Gasteiger partial charge in [0.2, 0.25) is 6.41 Å². The van der Waals surface area contributed by atoms with E-state index in [1.165, 1.54) is 0 Å². The van der Waals surface area contributed by atoms with Gasteiger partial charge in [-0.1, -0.05) is 0 Å². The molecule has 3 aliphatic heterocycles. The lowest BCUT2D eigenvalue weighted by molar-refractivity contribution is -0.392. The highest BCUT2D eigenvalue weighted by Crippen LogP contribution is 2.24. The van der Waals surface area contributed by atoms with Crippen molar-refractivity contribution in [2.75, 3.05) is 6.54 Å². The average Bonchev–Trinajstić information content (AvgIpc) is 1.86. The summed E-state index contributed by atoms with van der Waals surface area (Å²) in [7, 11) is 0. The van der Waals surface area contributed by atoms with Crippen LogP contribution >= 0.6 is 0 Å². The summed E-state index contributed by atoms with van der Waals surface area (Å²) in [5, 5.41) is 21.0. The first-order chi connectivity index (χ1) is 4.77. The molecule has 0 radical (unpaired) electrons. The summed E-state index contributed by atoms with van der Waals surface area (Å²) in [6.07, 6.45) is -2.43. The summed E-state index contributed by atoms with van der Waals surface area (Å²) < 4.78 is 9.64. The fraction of sp³-hybridized carbons (Fsp3) is 1.00. The summed E-state index contributed by atoms with van der Waals surface area (Å²) in [6.45, 7) is 0.535. The maximum Gasteiger partial charge on any atom is 0.220 e. The van der Waals surface area contributed by atoms with Crippen LogP contribution in [0.3, 0.4) is 0 Å². The fourth-order valence-electron chi connectivity index (χ4n) is 1.16. The van der Waals surface area contributed by atoms with Crippen LogP contribution in [0.25, 0.3) is 0 Å². The molecule has 0 aromatic heterocycles. The van der Waals surface area contributed by atoms with Gasteiger partial charge in [-0.2, -0.15) is 0 Å². The van der Waals surface area contributed by atoms with Gasteiger partial charge in [0, 0.05) is 6.54 Å². The predicted molar refractivity (Wildman–Crippen MR) is 29.5 cm³/mol. The molecule has 0 aromatic carbocycles. The molecule has 10 heavy (non-hydrogen) atoms. The van der Waals surface area contributed by atoms with Crippen LogP contribution in [0.1, 0.15) is 0 Å². The lowest BCUT2D eigenvalue weighted by Crippen LogP contribution is -2.61. The molecule has 3 heterocycles. The van der Waals surface area contributed by atoms with Crippen LogP contribution < -0.4 is 5.32 Å². The molecule has 0 spiro atoms. The molecule has 0 amide bonds. The third-order valence-electron chi connectivity index (χ3n) is 1.78. The normalized spacial score (nSPS) is 53.4. The molecule has 0 aliphatic carbocycles. The molecule has 58 valence electrons. The Bertz CT molecular complexity index is 130. The van der Waals surface area contributed by atoms with Crippen LogP contribution in [0.2, 0.25) is 0 Å². The van der Waals surface area contributed by atoms with E-state index in [0.29, 0.717) is 6.54 Å². The van der Waals surface area contributed by atoms with E-state index in [9.17, 15) is 0 Å². The van der Waals surface area contributed by atoms with Crippen molar-refractivity contribution < 1.29 is 19.7 Å². The maximum absolute atomic E-state index is 9.07. The summed E-state index contributed by atoms with van der Waals surface area (Å²) >= 11 is 0. The van der Waals surface area contributed by atoms with Crippen LogP contribution in [0.15, 0.2) is 0 Å². The van der Waals surface area contributed by atoms with Crippen LogP contribution in [-0.4, -0.2) is 35.8 Å². The Kier molecular flexibility index (Phi) is 1.40. The molecule has 3 aliphatic rings. The van der Waals surface area contributed by atoms with Crippen molar-refractivity contribution in [2.45, 2.75) is 19.0 Å². The van der Waals surface area contributed by atoms with Crippen molar-refractivity contribution in [1.82, 2.24) is 5.32 Å². The van der Waals surface area contributed by atoms with Gasteiger partial charge in [-0.15, -0.1) is 0 Å². The van der Waals surface area contributed by atoms with Crippen LogP contribution in [0.5, 0.6) is 0 Å². The Morgan fingerprint density at radius 1 is 1.20 bits per heavy atom. The third-order valence-corrected chi connectivity index (χ3v) is 1.78. The van der Waals surface area contributed by atoms with Gasteiger partial charge >= 0.3 is 0 Å². The van der Waals surface area contributed by atoms with Gasteiger partial charge in [0.15, 0.2) is 12.6 Å². The summed E-state index contributed by atoms with van der Waals surface area (Å²) in [5.41, 5.74) is 0. The first kappa shape index (κ1) is 6.51. The minimum atomic E-state index is -0.894. The summed E-state index contributed by atoms with van der Waals surface area (Å²) in [6, 6.07) is 0. The van der Waals surface area contributed by atoms with E-state index in [0.717, 1.165) is 0 Å². The Labute approximate surface area is 57.6 Å². The van der Waals surface area contributed by atoms with Gasteiger partial charge in [-0.25, -0.2) is 0 Å². The second kappa shape index (κ2) is 2.14. The lowest BCUT2D eigenvalue weighted by Gasteiger charge is -2.42. The van der Waals surface area contributed by atoms with Crippen molar-refractivity contribution in [3.8, 4) is 0 Å². The molecule has 5 nitrogen and oxygen atoms in total. The molecule has 3 N–H and O–H groups in total. The molecule has 3 fully saturated rings. The zero-order valence-corrected chi connectivity index (χ0v) is 5.23. The highest BCUT2D eigenvalue weighted by molar-refractivity contribution is 4.77. The molecule has 0 aromatic rings.